The highest BCUT2D eigenvalue weighted by Gasteiger charge is 2.33. The average molecular weight is 389 g/mol. The quantitative estimate of drug-likeness (QED) is 0.368. The zero-order chi connectivity index (χ0) is 18.8. The van der Waals surface area contributed by atoms with Gasteiger partial charge in [-0.15, -0.1) is 0 Å². The third kappa shape index (κ3) is 3.24. The van der Waals surface area contributed by atoms with Crippen molar-refractivity contribution in [1.82, 2.24) is 4.98 Å². The Balaban J connectivity index is 2.01. The van der Waals surface area contributed by atoms with Gasteiger partial charge in [0.2, 0.25) is 5.75 Å². The Morgan fingerprint density at radius 2 is 2.23 bits per heavy atom. The maximum absolute atomic E-state index is 12.7. The number of rotatable bonds is 4. The van der Waals surface area contributed by atoms with Gasteiger partial charge in [0.25, 0.3) is 5.91 Å². The van der Waals surface area contributed by atoms with E-state index in [0.717, 1.165) is 17.8 Å². The van der Waals surface area contributed by atoms with Crippen molar-refractivity contribution < 1.29 is 19.6 Å². The number of thioether (sulfide) groups is 1. The molecule has 0 bridgehead atoms. The summed E-state index contributed by atoms with van der Waals surface area (Å²) in [4.78, 5) is 28.6. The molecule has 1 N–H and O–H groups in total. The number of benzene rings is 1. The standard InChI is InChI=1S/C16H11N3O5S2/c1-24-12-6-9(5-11(14(12)20)19(22)23)7-13-15(21)18(16(25)26-13)10-3-2-4-17-8-10/h2-8,20H,1H3/b13-7-. The van der Waals surface area contributed by atoms with Crippen LogP contribution in [0.1, 0.15) is 5.56 Å². The first kappa shape index (κ1) is 17.8. The number of anilines is 1. The first-order valence-corrected chi connectivity index (χ1v) is 8.38. The van der Waals surface area contributed by atoms with Crippen molar-refractivity contribution in [3.63, 3.8) is 0 Å². The highest BCUT2D eigenvalue weighted by molar-refractivity contribution is 8.27. The van der Waals surface area contributed by atoms with E-state index in [-0.39, 0.29) is 11.7 Å². The number of carbonyl (C=O) groups excluding carboxylic acids is 1. The van der Waals surface area contributed by atoms with Gasteiger partial charge in [-0.25, -0.2) is 0 Å². The average Bonchev–Trinajstić information content (AvgIpc) is 2.90. The summed E-state index contributed by atoms with van der Waals surface area (Å²) in [5, 5.41) is 20.9. The lowest BCUT2D eigenvalue weighted by molar-refractivity contribution is -0.386. The van der Waals surface area contributed by atoms with Crippen LogP contribution in [0.15, 0.2) is 41.6 Å². The third-order valence-electron chi connectivity index (χ3n) is 3.49. The fourth-order valence-corrected chi connectivity index (χ4v) is 3.62. The molecular weight excluding hydrogens is 378 g/mol. The Labute approximate surface area is 157 Å². The minimum Gasteiger partial charge on any atom is -0.500 e. The van der Waals surface area contributed by atoms with Crippen molar-refractivity contribution in [2.45, 2.75) is 0 Å². The zero-order valence-electron chi connectivity index (χ0n) is 13.3. The Bertz CT molecular complexity index is 946. The number of hydrogen-bond acceptors (Lipinski definition) is 8. The van der Waals surface area contributed by atoms with Crippen molar-refractivity contribution in [2.24, 2.45) is 0 Å². The summed E-state index contributed by atoms with van der Waals surface area (Å²) < 4.78 is 5.29. The molecule has 10 heteroatoms. The molecule has 0 spiro atoms. The highest BCUT2D eigenvalue weighted by Crippen LogP contribution is 2.40. The van der Waals surface area contributed by atoms with Crippen LogP contribution in [0.4, 0.5) is 11.4 Å². The van der Waals surface area contributed by atoms with Gasteiger partial charge in [0.05, 0.1) is 28.8 Å². The van der Waals surface area contributed by atoms with Gasteiger partial charge in [-0.1, -0.05) is 24.0 Å². The Kier molecular flexibility index (Phi) is 4.87. The van der Waals surface area contributed by atoms with Crippen molar-refractivity contribution in [1.29, 1.82) is 0 Å². The number of aromatic hydroxyl groups is 1. The Hall–Kier alpha value is -2.98. The molecule has 0 atom stereocenters. The van der Waals surface area contributed by atoms with Crippen LogP contribution in [0.5, 0.6) is 11.5 Å². The Morgan fingerprint density at radius 3 is 2.85 bits per heavy atom. The maximum atomic E-state index is 12.7. The summed E-state index contributed by atoms with van der Waals surface area (Å²) in [5.41, 5.74) is 0.351. The van der Waals surface area contributed by atoms with Gasteiger partial charge >= 0.3 is 5.69 Å². The number of amides is 1. The van der Waals surface area contributed by atoms with Crippen LogP contribution in [0, 0.1) is 10.1 Å². The molecule has 132 valence electrons. The molecule has 1 amide bonds. The van der Waals surface area contributed by atoms with Crippen molar-refractivity contribution in [3.8, 4) is 11.5 Å². The van der Waals surface area contributed by atoms with Crippen LogP contribution in [-0.2, 0) is 4.79 Å². The van der Waals surface area contributed by atoms with Gasteiger partial charge in [0, 0.05) is 12.3 Å². The normalized spacial score (nSPS) is 15.6. The van der Waals surface area contributed by atoms with Gasteiger partial charge < -0.3 is 9.84 Å². The number of hydrogen-bond donors (Lipinski definition) is 1. The molecular formula is C16H11N3O5S2. The van der Waals surface area contributed by atoms with Crippen LogP contribution in [0.2, 0.25) is 0 Å². The molecule has 2 aromatic rings. The highest BCUT2D eigenvalue weighted by atomic mass is 32.2. The smallest absolute Gasteiger partial charge is 0.315 e. The molecule has 26 heavy (non-hydrogen) atoms. The van der Waals surface area contributed by atoms with E-state index in [4.69, 9.17) is 17.0 Å². The predicted molar refractivity (Wildman–Crippen MR) is 101 cm³/mol. The SMILES string of the molecule is COc1cc(/C=C2\SC(=S)N(c3cccnc3)C2=O)cc([N+](=O)[O-])c1O. The predicted octanol–water partition coefficient (Wildman–Crippen LogP) is 3.11. The van der Waals surface area contributed by atoms with Crippen LogP contribution < -0.4 is 9.64 Å². The molecule has 1 aromatic heterocycles. The van der Waals surface area contributed by atoms with Gasteiger partial charge in [0.15, 0.2) is 10.1 Å². The molecule has 1 aliphatic rings. The molecule has 1 saturated heterocycles. The molecule has 3 rings (SSSR count). The van der Waals surface area contributed by atoms with E-state index in [1.54, 1.807) is 18.3 Å². The van der Waals surface area contributed by atoms with Crippen LogP contribution in [-0.4, -0.2) is 32.4 Å². The Morgan fingerprint density at radius 1 is 1.46 bits per heavy atom. The number of carbonyl (C=O) groups is 1. The van der Waals surface area contributed by atoms with Gasteiger partial charge in [-0.2, -0.15) is 0 Å². The minimum absolute atomic E-state index is 0.0619. The first-order chi connectivity index (χ1) is 12.4. The third-order valence-corrected chi connectivity index (χ3v) is 4.79. The van der Waals surface area contributed by atoms with E-state index in [1.165, 1.54) is 30.3 Å². The fourth-order valence-electron chi connectivity index (χ4n) is 2.32. The number of aromatic nitrogens is 1. The number of phenols is 1. The molecule has 1 aliphatic heterocycles. The molecule has 0 saturated carbocycles. The number of pyridine rings is 1. The fraction of sp³-hybridized carbons (Fsp3) is 0.0625. The van der Waals surface area contributed by atoms with Gasteiger partial charge in [-0.05, 0) is 29.8 Å². The molecule has 1 fully saturated rings. The second-order valence-corrected chi connectivity index (χ2v) is 6.75. The van der Waals surface area contributed by atoms with Crippen molar-refractivity contribution in [2.75, 3.05) is 12.0 Å². The second-order valence-electron chi connectivity index (χ2n) is 5.08. The number of thiocarbonyl (C=S) groups is 1. The number of methoxy groups -OCH3 is 1. The number of nitro groups is 1. The van der Waals surface area contributed by atoms with Crippen molar-refractivity contribution >= 4 is 51.7 Å². The number of nitrogens with zero attached hydrogens (tertiary/aromatic N) is 3. The number of phenolic OH excluding ortho intramolecular Hbond substituents is 1. The summed E-state index contributed by atoms with van der Waals surface area (Å²) in [6, 6.07) is 5.95. The second kappa shape index (κ2) is 7.10. The number of ether oxygens (including phenoxy) is 1. The van der Waals surface area contributed by atoms with Crippen molar-refractivity contribution in [3.05, 3.63) is 57.2 Å². The summed E-state index contributed by atoms with van der Waals surface area (Å²) >= 11 is 6.33. The lowest BCUT2D eigenvalue weighted by Crippen LogP contribution is -2.27. The zero-order valence-corrected chi connectivity index (χ0v) is 14.9. The number of nitro benzene ring substituents is 1. The van der Waals surface area contributed by atoms with E-state index >= 15 is 0 Å². The topological polar surface area (TPSA) is 106 Å². The van der Waals surface area contributed by atoms with Crippen LogP contribution >= 0.6 is 24.0 Å². The lowest BCUT2D eigenvalue weighted by atomic mass is 10.1. The summed E-state index contributed by atoms with van der Waals surface area (Å²) in [6.07, 6.45) is 4.56. The van der Waals surface area contributed by atoms with E-state index in [2.05, 4.69) is 4.98 Å². The maximum Gasteiger partial charge on any atom is 0.315 e. The largest absolute Gasteiger partial charge is 0.500 e. The molecule has 8 nitrogen and oxygen atoms in total. The molecule has 0 aliphatic carbocycles. The van der Waals surface area contributed by atoms with Gasteiger partial charge in [-0.3, -0.25) is 24.8 Å². The van der Waals surface area contributed by atoms with Gasteiger partial charge in [0.1, 0.15) is 0 Å². The monoisotopic (exact) mass is 389 g/mol. The lowest BCUT2D eigenvalue weighted by Gasteiger charge is -2.13. The van der Waals surface area contributed by atoms with Crippen LogP contribution in [0.3, 0.4) is 0 Å². The van der Waals surface area contributed by atoms with E-state index in [1.807, 2.05) is 0 Å². The summed E-state index contributed by atoms with van der Waals surface area (Å²) in [7, 11) is 1.28. The summed E-state index contributed by atoms with van der Waals surface area (Å²) in [6.45, 7) is 0. The first-order valence-electron chi connectivity index (χ1n) is 7.15. The molecule has 0 radical (unpaired) electrons. The molecule has 2 heterocycles. The summed E-state index contributed by atoms with van der Waals surface area (Å²) in [5.74, 6) is -0.992. The van der Waals surface area contributed by atoms with E-state index < -0.39 is 16.4 Å². The van der Waals surface area contributed by atoms with E-state index in [0.29, 0.717) is 20.5 Å². The van der Waals surface area contributed by atoms with Crippen LogP contribution in [0.25, 0.3) is 6.08 Å². The molecule has 1 aromatic carbocycles. The molecule has 0 unspecified atom stereocenters. The van der Waals surface area contributed by atoms with E-state index in [9.17, 15) is 20.0 Å². The minimum atomic E-state index is -0.726.